The number of aromatic nitrogens is 4. The van der Waals surface area contributed by atoms with E-state index in [9.17, 15) is 14.9 Å². The zero-order valence-electron chi connectivity index (χ0n) is 19.9. The van der Waals surface area contributed by atoms with E-state index in [2.05, 4.69) is 15.2 Å². The van der Waals surface area contributed by atoms with Crippen LogP contribution in [-0.2, 0) is 0 Å². The maximum Gasteiger partial charge on any atom is 0.271 e. The van der Waals surface area contributed by atoms with Gasteiger partial charge in [-0.2, -0.15) is 5.10 Å². The van der Waals surface area contributed by atoms with E-state index in [0.717, 1.165) is 16.8 Å². The molecule has 39 heavy (non-hydrogen) atoms. The van der Waals surface area contributed by atoms with Gasteiger partial charge in [0, 0.05) is 22.1 Å². The summed E-state index contributed by atoms with van der Waals surface area (Å²) in [6.07, 6.45) is 5.01. The molecular formula is C27H17ClN6O3S2. The lowest BCUT2D eigenvalue weighted by molar-refractivity contribution is -0.384. The number of thiazole rings is 1. The van der Waals surface area contributed by atoms with Gasteiger partial charge in [0.05, 0.1) is 21.2 Å². The first kappa shape index (κ1) is 25.0. The van der Waals surface area contributed by atoms with Crippen LogP contribution >= 0.6 is 34.7 Å². The number of halogens is 1. The zero-order chi connectivity index (χ0) is 26.9. The number of nitrogens with zero attached hydrogens (tertiary/aromatic N) is 5. The molecule has 1 atom stereocenters. The summed E-state index contributed by atoms with van der Waals surface area (Å²) in [7, 11) is 0. The first-order chi connectivity index (χ1) is 19.0. The van der Waals surface area contributed by atoms with Crippen LogP contribution < -0.4 is 14.9 Å². The third-order valence-corrected chi connectivity index (χ3v) is 8.23. The molecule has 5 aromatic rings. The minimum atomic E-state index is -0.464. The number of nitrogens with one attached hydrogen (secondary N) is 1. The highest BCUT2D eigenvalue weighted by Crippen LogP contribution is 2.31. The van der Waals surface area contributed by atoms with E-state index in [0.29, 0.717) is 30.0 Å². The summed E-state index contributed by atoms with van der Waals surface area (Å²) < 4.78 is 2.04. The minimum Gasteiger partial charge on any atom is -0.272 e. The maximum absolute atomic E-state index is 13.8. The van der Waals surface area contributed by atoms with Crippen LogP contribution in [0.25, 0.3) is 11.8 Å². The van der Waals surface area contributed by atoms with Crippen molar-refractivity contribution < 1.29 is 4.92 Å². The molecule has 2 aromatic heterocycles. The van der Waals surface area contributed by atoms with Crippen LogP contribution in [0.2, 0.25) is 5.02 Å². The molecule has 3 heterocycles. The topological polar surface area (TPSA) is 119 Å². The van der Waals surface area contributed by atoms with Crippen molar-refractivity contribution in [2.24, 2.45) is 4.99 Å². The molecule has 3 aromatic carbocycles. The highest BCUT2D eigenvalue weighted by atomic mass is 35.5. The van der Waals surface area contributed by atoms with Crippen LogP contribution in [0.5, 0.6) is 0 Å². The second kappa shape index (κ2) is 10.4. The van der Waals surface area contributed by atoms with Gasteiger partial charge >= 0.3 is 0 Å². The van der Waals surface area contributed by atoms with Crippen molar-refractivity contribution in [2.45, 2.75) is 16.1 Å². The zero-order valence-corrected chi connectivity index (χ0v) is 22.3. The molecule has 0 amide bonds. The molecule has 192 valence electrons. The second-order valence-corrected chi connectivity index (χ2v) is 10.9. The van der Waals surface area contributed by atoms with Gasteiger partial charge in [0.15, 0.2) is 9.96 Å². The summed E-state index contributed by atoms with van der Waals surface area (Å²) in [5.74, 6) is 0. The lowest BCUT2D eigenvalue weighted by atomic mass is 10.0. The Morgan fingerprint density at radius 1 is 1.10 bits per heavy atom. The molecule has 0 saturated heterocycles. The summed E-state index contributed by atoms with van der Waals surface area (Å²) in [6.45, 7) is 0. The average Bonchev–Trinajstić information content (AvgIpc) is 3.57. The van der Waals surface area contributed by atoms with Crippen molar-refractivity contribution in [2.75, 3.05) is 0 Å². The van der Waals surface area contributed by atoms with Crippen molar-refractivity contribution in [1.29, 1.82) is 0 Å². The summed E-state index contributed by atoms with van der Waals surface area (Å²) in [4.78, 5) is 35.0. The fourth-order valence-corrected chi connectivity index (χ4v) is 6.10. The number of fused-ring (bicyclic) bond motifs is 1. The van der Waals surface area contributed by atoms with Gasteiger partial charge in [-0.05, 0) is 58.8 Å². The van der Waals surface area contributed by atoms with Crippen LogP contribution in [0.1, 0.15) is 22.7 Å². The molecule has 12 heteroatoms. The number of hydrogen-bond acceptors (Lipinski definition) is 8. The molecule has 9 nitrogen and oxygen atoms in total. The van der Waals surface area contributed by atoms with Crippen molar-refractivity contribution in [3.8, 4) is 0 Å². The number of nitro groups is 1. The number of benzene rings is 3. The molecule has 0 fully saturated rings. The Hall–Kier alpha value is -4.32. The van der Waals surface area contributed by atoms with Crippen LogP contribution in [0.3, 0.4) is 0 Å². The molecule has 0 saturated carbocycles. The normalized spacial score (nSPS) is 14.9. The molecule has 0 bridgehead atoms. The molecule has 0 spiro atoms. The van der Waals surface area contributed by atoms with Crippen molar-refractivity contribution in [1.82, 2.24) is 19.7 Å². The number of H-pyrrole nitrogens is 1. The van der Waals surface area contributed by atoms with Gasteiger partial charge in [-0.3, -0.25) is 24.6 Å². The highest BCUT2D eigenvalue weighted by molar-refractivity contribution is 7.99. The molecule has 1 unspecified atom stereocenters. The number of rotatable bonds is 6. The standard InChI is InChI=1S/C27H17ClN6O3S2/c28-19-8-6-17(7-9-19)22-14-21(16-4-2-1-3-5-16)31-27-33(22)25(35)24(39-27)13-18-12-20(34(36)37)10-11-23(18)38-26-29-15-30-32-26/h1-15,22H,(H,29,30,32). The van der Waals surface area contributed by atoms with Gasteiger partial charge in [-0.1, -0.05) is 65.4 Å². The average molecular weight is 573 g/mol. The van der Waals surface area contributed by atoms with Crippen LogP contribution in [0, 0.1) is 10.1 Å². The Morgan fingerprint density at radius 2 is 1.90 bits per heavy atom. The third kappa shape index (κ3) is 5.07. The molecule has 1 aliphatic rings. The van der Waals surface area contributed by atoms with Gasteiger partial charge in [0.1, 0.15) is 6.33 Å². The third-order valence-electron chi connectivity index (χ3n) is 6.02. The van der Waals surface area contributed by atoms with E-state index in [4.69, 9.17) is 16.6 Å². The van der Waals surface area contributed by atoms with Crippen LogP contribution in [-0.4, -0.2) is 24.7 Å². The Balaban J connectivity index is 1.54. The molecule has 0 aliphatic carbocycles. The number of allylic oxidation sites excluding steroid dienone is 1. The summed E-state index contributed by atoms with van der Waals surface area (Å²) >= 11 is 8.63. The smallest absolute Gasteiger partial charge is 0.271 e. The van der Waals surface area contributed by atoms with E-state index in [-0.39, 0.29) is 11.2 Å². The van der Waals surface area contributed by atoms with Crippen molar-refractivity contribution in [3.05, 3.63) is 137 Å². The van der Waals surface area contributed by atoms with Gasteiger partial charge in [0.25, 0.3) is 11.2 Å². The molecule has 1 N–H and O–H groups in total. The van der Waals surface area contributed by atoms with E-state index in [1.165, 1.54) is 41.6 Å². The number of hydrogen-bond donors (Lipinski definition) is 1. The van der Waals surface area contributed by atoms with Gasteiger partial charge in [-0.25, -0.2) is 9.98 Å². The number of non-ortho nitro benzene ring substituents is 1. The Kier molecular flexibility index (Phi) is 6.69. The summed E-state index contributed by atoms with van der Waals surface area (Å²) in [6, 6.07) is 21.2. The first-order valence-electron chi connectivity index (χ1n) is 11.6. The Bertz CT molecular complexity index is 1900. The van der Waals surface area contributed by atoms with Crippen molar-refractivity contribution in [3.63, 3.8) is 0 Å². The minimum absolute atomic E-state index is 0.0821. The Morgan fingerprint density at radius 3 is 2.62 bits per heavy atom. The fourth-order valence-electron chi connectivity index (χ4n) is 4.19. The highest BCUT2D eigenvalue weighted by Gasteiger charge is 2.23. The fraction of sp³-hybridized carbons (Fsp3) is 0.0370. The van der Waals surface area contributed by atoms with E-state index < -0.39 is 11.0 Å². The Labute approximate surface area is 234 Å². The molecule has 1 aliphatic heterocycles. The van der Waals surface area contributed by atoms with Crippen LogP contribution in [0.15, 0.2) is 105 Å². The largest absolute Gasteiger partial charge is 0.272 e. The number of nitro benzene ring substituents is 1. The quantitative estimate of drug-likeness (QED) is 0.230. The predicted molar refractivity (Wildman–Crippen MR) is 151 cm³/mol. The van der Waals surface area contributed by atoms with E-state index in [1.54, 1.807) is 28.8 Å². The SMILES string of the molecule is O=c1c(=Cc2cc([N+](=O)[O-])ccc2Sc2ncn[nH]2)sc2n1C(c1ccc(Cl)cc1)C=C(c1ccccc1)N=2. The number of aromatic amines is 1. The monoisotopic (exact) mass is 572 g/mol. The first-order valence-corrected chi connectivity index (χ1v) is 13.6. The molecule has 6 rings (SSSR count). The van der Waals surface area contributed by atoms with Crippen LogP contribution in [0.4, 0.5) is 5.69 Å². The maximum atomic E-state index is 13.8. The summed E-state index contributed by atoms with van der Waals surface area (Å²) in [5, 5.41) is 19.3. The predicted octanol–water partition coefficient (Wildman–Crippen LogP) is 4.83. The van der Waals surface area contributed by atoms with Gasteiger partial charge in [0.2, 0.25) is 0 Å². The molecule has 0 radical (unpaired) electrons. The van der Waals surface area contributed by atoms with Gasteiger partial charge < -0.3 is 0 Å². The molecular weight excluding hydrogens is 556 g/mol. The summed E-state index contributed by atoms with van der Waals surface area (Å²) in [5.41, 5.74) is 2.75. The lowest BCUT2D eigenvalue weighted by Crippen LogP contribution is -2.36. The van der Waals surface area contributed by atoms with Crippen molar-refractivity contribution >= 4 is 52.2 Å². The van der Waals surface area contributed by atoms with E-state index in [1.807, 2.05) is 48.5 Å². The second-order valence-electron chi connectivity index (χ2n) is 8.47. The van der Waals surface area contributed by atoms with Gasteiger partial charge in [-0.15, -0.1) is 0 Å². The lowest BCUT2D eigenvalue weighted by Gasteiger charge is -2.19. The van der Waals surface area contributed by atoms with E-state index >= 15 is 0 Å².